The fraction of sp³-hybridized carbons (Fsp3) is 0.391. The fourth-order valence-electron chi connectivity index (χ4n) is 7.35. The standard InChI is InChI=1S/C46H55N3O10/c1-29-12-14-38-36(18-29)46(54)48-45(47-38)30-13-15-40(35(19-30)27-52)57-16-10-8-6-4-5-7-9-11-17-58-44-42(55-2)22-32(23-43(44)56-3)41-24-39(49-59-41)31-20-33(25-50)37(28-53)34(21-31)26-51/h12-15,18-24,45,47,50-53H,4-11,16-17,25-28H2,1-3H3,(H,48,54). The topological polar surface area (TPSA) is 185 Å². The summed E-state index contributed by atoms with van der Waals surface area (Å²) in [6, 6.07) is 20.2. The summed E-state index contributed by atoms with van der Waals surface area (Å²) in [5, 5.41) is 50.0. The van der Waals surface area contributed by atoms with E-state index in [1.165, 1.54) is 0 Å². The molecule has 0 spiro atoms. The Hall–Kier alpha value is -5.60. The number of fused-ring (bicyclic) bond motifs is 1. The summed E-state index contributed by atoms with van der Waals surface area (Å²) < 4.78 is 29.2. The average Bonchev–Trinajstić information content (AvgIpc) is 3.77. The molecule has 4 aromatic carbocycles. The highest BCUT2D eigenvalue weighted by molar-refractivity contribution is 6.01. The van der Waals surface area contributed by atoms with E-state index in [0.29, 0.717) is 86.6 Å². The molecule has 0 saturated carbocycles. The second-order valence-corrected chi connectivity index (χ2v) is 14.7. The monoisotopic (exact) mass is 809 g/mol. The maximum Gasteiger partial charge on any atom is 0.255 e. The molecule has 0 saturated heterocycles. The van der Waals surface area contributed by atoms with Gasteiger partial charge in [0.2, 0.25) is 5.75 Å². The predicted molar refractivity (Wildman–Crippen MR) is 224 cm³/mol. The van der Waals surface area contributed by atoms with Crippen molar-refractivity contribution in [1.82, 2.24) is 10.5 Å². The van der Waals surface area contributed by atoms with Crippen LogP contribution in [0.1, 0.15) is 101 Å². The first-order chi connectivity index (χ1) is 28.8. The van der Waals surface area contributed by atoms with E-state index >= 15 is 0 Å². The molecule has 0 bridgehead atoms. The summed E-state index contributed by atoms with van der Waals surface area (Å²) in [6.45, 7) is 2.01. The molecule has 6 N–H and O–H groups in total. The molecule has 1 atom stereocenters. The van der Waals surface area contributed by atoms with Crippen molar-refractivity contribution in [1.29, 1.82) is 0 Å². The maximum atomic E-state index is 12.7. The molecular formula is C46H55N3O10. The first-order valence-electron chi connectivity index (χ1n) is 20.2. The van der Waals surface area contributed by atoms with Gasteiger partial charge < -0.3 is 54.5 Å². The second kappa shape index (κ2) is 20.9. The Morgan fingerprint density at radius 3 is 1.88 bits per heavy atom. The van der Waals surface area contributed by atoms with Gasteiger partial charge in [-0.2, -0.15) is 0 Å². The molecule has 1 aliphatic rings. The van der Waals surface area contributed by atoms with Crippen molar-refractivity contribution in [3.8, 4) is 45.6 Å². The number of amides is 1. The summed E-state index contributed by atoms with van der Waals surface area (Å²) in [6.07, 6.45) is 8.02. The number of aliphatic hydroxyl groups is 4. The van der Waals surface area contributed by atoms with E-state index in [0.717, 1.165) is 68.2 Å². The van der Waals surface area contributed by atoms with Crippen molar-refractivity contribution in [3.05, 3.63) is 106 Å². The van der Waals surface area contributed by atoms with Gasteiger partial charge in [-0.3, -0.25) is 4.79 Å². The number of ether oxygens (including phenoxy) is 4. The summed E-state index contributed by atoms with van der Waals surface area (Å²) in [5.41, 5.74) is 7.30. The number of benzene rings is 4. The normalized spacial score (nSPS) is 13.4. The van der Waals surface area contributed by atoms with E-state index in [2.05, 4.69) is 15.8 Å². The van der Waals surface area contributed by atoms with Crippen molar-refractivity contribution in [2.24, 2.45) is 0 Å². The quantitative estimate of drug-likeness (QED) is 0.0375. The highest BCUT2D eigenvalue weighted by Crippen LogP contribution is 2.42. The Morgan fingerprint density at radius 1 is 0.644 bits per heavy atom. The van der Waals surface area contributed by atoms with Crippen LogP contribution in [0.2, 0.25) is 0 Å². The molecule has 1 aliphatic heterocycles. The maximum absolute atomic E-state index is 12.7. The molecule has 13 heteroatoms. The van der Waals surface area contributed by atoms with Gasteiger partial charge in [0.15, 0.2) is 17.3 Å². The van der Waals surface area contributed by atoms with Gasteiger partial charge in [-0.05, 0) is 90.6 Å². The van der Waals surface area contributed by atoms with E-state index in [1.54, 1.807) is 44.6 Å². The van der Waals surface area contributed by atoms with Gasteiger partial charge in [0.05, 0.1) is 59.4 Å². The van der Waals surface area contributed by atoms with Crippen LogP contribution >= 0.6 is 0 Å². The van der Waals surface area contributed by atoms with Crippen LogP contribution in [0.15, 0.2) is 71.3 Å². The molecule has 13 nitrogen and oxygen atoms in total. The van der Waals surface area contributed by atoms with E-state index in [9.17, 15) is 25.2 Å². The number of carbonyl (C=O) groups is 1. The van der Waals surface area contributed by atoms with E-state index in [-0.39, 0.29) is 32.3 Å². The molecule has 0 fully saturated rings. The lowest BCUT2D eigenvalue weighted by Gasteiger charge is -2.29. The molecule has 0 radical (unpaired) electrons. The van der Waals surface area contributed by atoms with Crippen LogP contribution in [-0.2, 0) is 26.4 Å². The number of hydrogen-bond acceptors (Lipinski definition) is 12. The first-order valence-corrected chi connectivity index (χ1v) is 20.2. The molecule has 0 aliphatic carbocycles. The van der Waals surface area contributed by atoms with Crippen molar-refractivity contribution < 1.29 is 48.7 Å². The number of methoxy groups -OCH3 is 2. The first kappa shape index (κ1) is 43.0. The zero-order valence-electron chi connectivity index (χ0n) is 34.0. The van der Waals surface area contributed by atoms with Gasteiger partial charge in [0, 0.05) is 28.4 Å². The van der Waals surface area contributed by atoms with Crippen LogP contribution in [-0.4, -0.2) is 58.9 Å². The number of nitrogens with zero attached hydrogens (tertiary/aromatic N) is 1. The number of anilines is 1. The summed E-state index contributed by atoms with van der Waals surface area (Å²) >= 11 is 0. The molecule has 1 amide bonds. The lowest BCUT2D eigenvalue weighted by Crippen LogP contribution is -2.38. The van der Waals surface area contributed by atoms with E-state index in [1.807, 2.05) is 43.3 Å². The number of rotatable bonds is 22. The van der Waals surface area contributed by atoms with Crippen molar-refractivity contribution in [2.75, 3.05) is 32.8 Å². The molecule has 5 aromatic rings. The van der Waals surface area contributed by atoms with Gasteiger partial charge in [-0.15, -0.1) is 0 Å². The van der Waals surface area contributed by atoms with Crippen molar-refractivity contribution in [3.63, 3.8) is 0 Å². The average molecular weight is 810 g/mol. The van der Waals surface area contributed by atoms with Crippen LogP contribution in [0.4, 0.5) is 5.69 Å². The molecular weight excluding hydrogens is 755 g/mol. The molecule has 6 rings (SSSR count). The Labute approximate surface area is 344 Å². The summed E-state index contributed by atoms with van der Waals surface area (Å²) in [7, 11) is 3.14. The van der Waals surface area contributed by atoms with Gasteiger partial charge in [-0.1, -0.05) is 61.4 Å². The SMILES string of the molecule is COc1cc(-c2cc(-c3cc(CO)c(CO)c(CO)c3)no2)cc(OC)c1OCCCCCCCCCCOc1ccc(C2NC(=O)c3cc(C)ccc3N2)cc1CO. The number of nitrogens with one attached hydrogen (secondary N) is 2. The molecule has 314 valence electrons. The second-order valence-electron chi connectivity index (χ2n) is 14.7. The van der Waals surface area contributed by atoms with Gasteiger partial charge in [0.25, 0.3) is 5.91 Å². The number of aliphatic hydroxyl groups excluding tert-OH is 4. The lowest BCUT2D eigenvalue weighted by atomic mass is 9.97. The third-order valence-corrected chi connectivity index (χ3v) is 10.6. The molecule has 2 heterocycles. The third kappa shape index (κ3) is 10.5. The van der Waals surface area contributed by atoms with Crippen molar-refractivity contribution in [2.45, 2.75) is 90.9 Å². The number of aryl methyl sites for hydroxylation is 1. The van der Waals surface area contributed by atoms with Gasteiger partial charge in [0.1, 0.15) is 17.6 Å². The Morgan fingerprint density at radius 2 is 1.27 bits per heavy atom. The predicted octanol–water partition coefficient (Wildman–Crippen LogP) is 7.74. The Kier molecular flexibility index (Phi) is 15.2. The molecule has 1 unspecified atom stereocenters. The Balaban J connectivity index is 0.894. The summed E-state index contributed by atoms with van der Waals surface area (Å²) in [5.74, 6) is 2.50. The zero-order chi connectivity index (χ0) is 41.7. The van der Waals surface area contributed by atoms with E-state index < -0.39 is 6.17 Å². The van der Waals surface area contributed by atoms with Crippen LogP contribution in [0, 0.1) is 6.92 Å². The molecule has 1 aromatic heterocycles. The molecule has 59 heavy (non-hydrogen) atoms. The minimum Gasteiger partial charge on any atom is -0.493 e. The van der Waals surface area contributed by atoms with Crippen LogP contribution in [0.5, 0.6) is 23.0 Å². The third-order valence-electron chi connectivity index (χ3n) is 10.6. The number of hydrogen-bond donors (Lipinski definition) is 6. The minimum atomic E-state index is -0.395. The zero-order valence-corrected chi connectivity index (χ0v) is 34.0. The summed E-state index contributed by atoms with van der Waals surface area (Å²) in [4.78, 5) is 12.7. The fourth-order valence-corrected chi connectivity index (χ4v) is 7.35. The van der Waals surface area contributed by atoms with Crippen molar-refractivity contribution >= 4 is 11.6 Å². The highest BCUT2D eigenvalue weighted by atomic mass is 16.5. The van der Waals surface area contributed by atoms with Crippen LogP contribution < -0.4 is 29.6 Å². The van der Waals surface area contributed by atoms with Crippen LogP contribution in [0.25, 0.3) is 22.6 Å². The number of unbranched alkanes of at least 4 members (excludes halogenated alkanes) is 7. The number of carbonyl (C=O) groups excluding carboxylic acids is 1. The van der Waals surface area contributed by atoms with Gasteiger partial charge in [-0.25, -0.2) is 0 Å². The van der Waals surface area contributed by atoms with Gasteiger partial charge >= 0.3 is 0 Å². The smallest absolute Gasteiger partial charge is 0.255 e. The minimum absolute atomic E-state index is 0.127. The highest BCUT2D eigenvalue weighted by Gasteiger charge is 2.25. The Bertz CT molecular complexity index is 2130. The van der Waals surface area contributed by atoms with E-state index in [4.69, 9.17) is 23.5 Å². The van der Waals surface area contributed by atoms with Crippen LogP contribution in [0.3, 0.4) is 0 Å². The largest absolute Gasteiger partial charge is 0.493 e. The number of aromatic nitrogens is 1. The lowest BCUT2D eigenvalue weighted by molar-refractivity contribution is 0.0935.